The maximum absolute atomic E-state index is 11.7. The topological polar surface area (TPSA) is 77.8 Å². The Kier molecular flexibility index (Phi) is 16.0. The van der Waals surface area contributed by atoms with E-state index in [1.807, 2.05) is 21.1 Å². The zero-order valence-corrected chi connectivity index (χ0v) is 21.0. The summed E-state index contributed by atoms with van der Waals surface area (Å²) in [5.74, 6) is 0. The predicted molar refractivity (Wildman–Crippen MR) is 128 cm³/mol. The molecule has 0 radical (unpaired) electrons. The quantitative estimate of drug-likeness (QED) is 0.0962. The smallest absolute Gasteiger partial charge is 0.362 e. The van der Waals surface area contributed by atoms with Gasteiger partial charge in [-0.05, 0) is 51.4 Å². The standard InChI is InChI=1S/C24H48NO4P/c1-5-6-7-8-9-10-11-12-13-14-15-16-17-18-19-20-21-22-24(26,30(27,28)29)23-25(2,3)4/h7-8,18-19,26H,5-6,9-17,20-23H2,1-4H3,(H-,27,28,29)/p+1/b8-7-,19-18-. The largest absolute Gasteiger partial charge is 0.373 e. The van der Waals surface area contributed by atoms with Crippen LogP contribution in [0.3, 0.4) is 0 Å². The van der Waals surface area contributed by atoms with Crippen LogP contribution in [0.2, 0.25) is 0 Å². The van der Waals surface area contributed by atoms with Crippen LogP contribution >= 0.6 is 7.60 Å². The second-order valence-electron chi connectivity index (χ2n) is 9.65. The number of likely N-dealkylation sites (N-methyl/N-ethyl adjacent to an activating group) is 1. The van der Waals surface area contributed by atoms with Crippen LogP contribution in [-0.2, 0) is 4.57 Å². The van der Waals surface area contributed by atoms with E-state index in [1.165, 1.54) is 64.2 Å². The van der Waals surface area contributed by atoms with Gasteiger partial charge in [-0.2, -0.15) is 0 Å². The van der Waals surface area contributed by atoms with Gasteiger partial charge in [-0.3, -0.25) is 4.57 Å². The van der Waals surface area contributed by atoms with Gasteiger partial charge in [-0.25, -0.2) is 0 Å². The summed E-state index contributed by atoms with van der Waals surface area (Å²) in [5, 5.41) is 8.56. The molecule has 0 aromatic rings. The molecule has 0 rings (SSSR count). The maximum atomic E-state index is 11.7. The van der Waals surface area contributed by atoms with Gasteiger partial charge in [-0.1, -0.05) is 69.8 Å². The number of nitrogens with zero attached hydrogens (tertiary/aromatic N) is 1. The van der Waals surface area contributed by atoms with E-state index in [4.69, 9.17) is 0 Å². The SMILES string of the molecule is CCC/C=C\CCCCCCCCC/C=C\CCCC(O)(C[N+](C)(C)C)P(=O)(O)O. The molecular formula is C24H49NO4P+. The summed E-state index contributed by atoms with van der Waals surface area (Å²) in [4.78, 5) is 19.1. The highest BCUT2D eigenvalue weighted by Crippen LogP contribution is 2.52. The van der Waals surface area contributed by atoms with Gasteiger partial charge in [0.25, 0.3) is 0 Å². The van der Waals surface area contributed by atoms with Crippen LogP contribution in [0.1, 0.15) is 96.8 Å². The first-order valence-electron chi connectivity index (χ1n) is 11.9. The van der Waals surface area contributed by atoms with Crippen molar-refractivity contribution in [2.45, 2.75) is 102 Å². The maximum Gasteiger partial charge on any atom is 0.362 e. The summed E-state index contributed by atoms with van der Waals surface area (Å²) >= 11 is 0. The van der Waals surface area contributed by atoms with Crippen LogP contribution in [-0.4, -0.2) is 52.4 Å². The van der Waals surface area contributed by atoms with Crippen molar-refractivity contribution in [3.8, 4) is 0 Å². The average Bonchev–Trinajstić information content (AvgIpc) is 2.62. The van der Waals surface area contributed by atoms with Crippen molar-refractivity contribution in [2.24, 2.45) is 0 Å². The second kappa shape index (κ2) is 16.2. The summed E-state index contributed by atoms with van der Waals surface area (Å²) in [6, 6.07) is 0. The van der Waals surface area contributed by atoms with Crippen molar-refractivity contribution in [1.82, 2.24) is 0 Å². The Morgan fingerprint density at radius 3 is 1.53 bits per heavy atom. The minimum Gasteiger partial charge on any atom is -0.373 e. The van der Waals surface area contributed by atoms with E-state index in [-0.39, 0.29) is 13.0 Å². The van der Waals surface area contributed by atoms with Crippen LogP contribution in [0.25, 0.3) is 0 Å². The molecule has 30 heavy (non-hydrogen) atoms. The van der Waals surface area contributed by atoms with E-state index in [0.717, 1.165) is 12.8 Å². The Labute approximate surface area is 186 Å². The van der Waals surface area contributed by atoms with Crippen LogP contribution < -0.4 is 0 Å². The molecule has 1 atom stereocenters. The van der Waals surface area contributed by atoms with Gasteiger partial charge in [0.1, 0.15) is 6.54 Å². The van der Waals surface area contributed by atoms with Crippen molar-refractivity contribution in [3.63, 3.8) is 0 Å². The number of rotatable bonds is 19. The van der Waals surface area contributed by atoms with Crippen LogP contribution in [0, 0.1) is 0 Å². The summed E-state index contributed by atoms with van der Waals surface area (Å²) in [6.45, 7) is 2.25. The van der Waals surface area contributed by atoms with Crippen molar-refractivity contribution < 1.29 is 23.9 Å². The van der Waals surface area contributed by atoms with Crippen molar-refractivity contribution in [3.05, 3.63) is 24.3 Å². The number of hydrogen-bond acceptors (Lipinski definition) is 2. The molecule has 178 valence electrons. The Hall–Kier alpha value is -0.450. The lowest BCUT2D eigenvalue weighted by atomic mass is 10.1. The van der Waals surface area contributed by atoms with E-state index in [9.17, 15) is 19.5 Å². The van der Waals surface area contributed by atoms with Crippen LogP contribution in [0.5, 0.6) is 0 Å². The molecule has 3 N–H and O–H groups in total. The molecular weight excluding hydrogens is 397 g/mol. The summed E-state index contributed by atoms with van der Waals surface area (Å²) in [5.41, 5.74) is 0. The fourth-order valence-corrected chi connectivity index (χ4v) is 4.68. The lowest BCUT2D eigenvalue weighted by Crippen LogP contribution is -2.49. The van der Waals surface area contributed by atoms with Crippen LogP contribution in [0.4, 0.5) is 0 Å². The highest BCUT2D eigenvalue weighted by molar-refractivity contribution is 7.53. The van der Waals surface area contributed by atoms with Gasteiger partial charge in [0, 0.05) is 0 Å². The lowest BCUT2D eigenvalue weighted by molar-refractivity contribution is -0.875. The van der Waals surface area contributed by atoms with Gasteiger partial charge in [-0.15, -0.1) is 0 Å². The summed E-state index contributed by atoms with van der Waals surface area (Å²) in [7, 11) is 0.915. The summed E-state index contributed by atoms with van der Waals surface area (Å²) in [6.07, 6.45) is 24.1. The zero-order valence-electron chi connectivity index (χ0n) is 20.1. The van der Waals surface area contributed by atoms with E-state index in [0.29, 0.717) is 10.9 Å². The Bertz CT molecular complexity index is 522. The number of hydrogen-bond donors (Lipinski definition) is 3. The molecule has 1 unspecified atom stereocenters. The molecule has 0 saturated heterocycles. The monoisotopic (exact) mass is 446 g/mol. The molecule has 0 amide bonds. The second-order valence-corrected chi connectivity index (χ2v) is 11.6. The van der Waals surface area contributed by atoms with Crippen molar-refractivity contribution in [1.29, 1.82) is 0 Å². The highest BCUT2D eigenvalue weighted by Gasteiger charge is 2.48. The predicted octanol–water partition coefficient (Wildman–Crippen LogP) is 6.15. The Morgan fingerprint density at radius 1 is 0.733 bits per heavy atom. The van der Waals surface area contributed by atoms with Gasteiger partial charge in [0.2, 0.25) is 5.34 Å². The first-order chi connectivity index (χ1) is 14.0. The molecule has 0 aliphatic rings. The molecule has 0 aliphatic carbocycles. The number of aliphatic hydroxyl groups is 1. The molecule has 0 bridgehead atoms. The van der Waals surface area contributed by atoms with Crippen LogP contribution in [0.15, 0.2) is 24.3 Å². The molecule has 0 saturated carbocycles. The van der Waals surface area contributed by atoms with Gasteiger partial charge in [0.05, 0.1) is 21.1 Å². The molecule has 0 spiro atoms. The fourth-order valence-electron chi connectivity index (χ4n) is 3.63. The molecule has 0 fully saturated rings. The minimum absolute atomic E-state index is 0.0382. The third-order valence-electron chi connectivity index (χ3n) is 5.25. The molecule has 0 heterocycles. The molecule has 6 heteroatoms. The zero-order chi connectivity index (χ0) is 22.9. The third-order valence-corrected chi connectivity index (χ3v) is 6.70. The first-order valence-corrected chi connectivity index (χ1v) is 13.5. The van der Waals surface area contributed by atoms with E-state index < -0.39 is 12.9 Å². The Morgan fingerprint density at radius 2 is 1.13 bits per heavy atom. The minimum atomic E-state index is -4.56. The third kappa shape index (κ3) is 16.3. The van der Waals surface area contributed by atoms with Crippen molar-refractivity contribution >= 4 is 7.60 Å². The lowest BCUT2D eigenvalue weighted by Gasteiger charge is -2.35. The van der Waals surface area contributed by atoms with E-state index >= 15 is 0 Å². The molecule has 0 aromatic carbocycles. The average molecular weight is 447 g/mol. The Balaban J connectivity index is 3.74. The number of allylic oxidation sites excluding steroid dienone is 4. The van der Waals surface area contributed by atoms with Crippen molar-refractivity contribution in [2.75, 3.05) is 27.7 Å². The normalized spacial score (nSPS) is 15.3. The number of quaternary nitrogens is 1. The van der Waals surface area contributed by atoms with Gasteiger partial charge < -0.3 is 19.4 Å². The molecule has 5 nitrogen and oxygen atoms in total. The fraction of sp³-hybridized carbons (Fsp3) is 0.833. The number of unbranched alkanes of at least 4 members (excludes halogenated alkanes) is 10. The highest BCUT2D eigenvalue weighted by atomic mass is 31.2. The van der Waals surface area contributed by atoms with E-state index in [1.54, 1.807) is 0 Å². The first kappa shape index (κ1) is 29.5. The summed E-state index contributed by atoms with van der Waals surface area (Å²) < 4.78 is 12.1. The van der Waals surface area contributed by atoms with E-state index in [2.05, 4.69) is 31.2 Å². The molecule has 0 aromatic heterocycles. The molecule has 0 aliphatic heterocycles. The van der Waals surface area contributed by atoms with Gasteiger partial charge >= 0.3 is 7.60 Å². The van der Waals surface area contributed by atoms with Gasteiger partial charge in [0.15, 0.2) is 0 Å².